The molecule has 1 aromatic rings. The molecule has 0 amide bonds. The summed E-state index contributed by atoms with van der Waals surface area (Å²) < 4.78 is 0. The normalized spacial score (nSPS) is 12.0. The van der Waals surface area contributed by atoms with E-state index in [9.17, 15) is 5.11 Å². The van der Waals surface area contributed by atoms with Gasteiger partial charge in [-0.15, -0.1) is 11.3 Å². The molecule has 10 heavy (non-hydrogen) atoms. The molecule has 0 aliphatic carbocycles. The second-order valence-electron chi connectivity index (χ2n) is 3.05. The van der Waals surface area contributed by atoms with Gasteiger partial charge in [0.05, 0.1) is 5.60 Å². The van der Waals surface area contributed by atoms with Crippen LogP contribution in [-0.2, 0) is 5.60 Å². The fraction of sp³-hybridized carbons (Fsp3) is 0.500. The first-order chi connectivity index (χ1) is 4.50. The van der Waals surface area contributed by atoms with Gasteiger partial charge in [-0.3, -0.25) is 0 Å². The van der Waals surface area contributed by atoms with E-state index in [1.807, 2.05) is 18.4 Å². The third kappa shape index (κ3) is 1.58. The molecule has 2 heteroatoms. The lowest BCUT2D eigenvalue weighted by Crippen LogP contribution is -2.12. The predicted molar refractivity (Wildman–Crippen MR) is 44.3 cm³/mol. The Balaban J connectivity index is 2.96. The molecule has 0 spiro atoms. The highest BCUT2D eigenvalue weighted by Gasteiger charge is 2.16. The van der Waals surface area contributed by atoms with Crippen LogP contribution in [0.25, 0.3) is 0 Å². The van der Waals surface area contributed by atoms with E-state index in [1.54, 1.807) is 25.2 Å². The van der Waals surface area contributed by atoms with Crippen LogP contribution < -0.4 is 0 Å². The van der Waals surface area contributed by atoms with Crippen molar-refractivity contribution in [3.8, 4) is 0 Å². The molecule has 1 nitrogen and oxygen atoms in total. The summed E-state index contributed by atoms with van der Waals surface area (Å²) in [5.74, 6) is 0. The Kier molecular flexibility index (Phi) is 1.84. The van der Waals surface area contributed by atoms with Gasteiger partial charge in [0.1, 0.15) is 0 Å². The zero-order valence-electron chi connectivity index (χ0n) is 6.51. The van der Waals surface area contributed by atoms with Crippen LogP contribution in [0.4, 0.5) is 0 Å². The largest absolute Gasteiger partial charge is 0.385 e. The van der Waals surface area contributed by atoms with Crippen molar-refractivity contribution in [2.45, 2.75) is 26.4 Å². The molecule has 0 saturated heterocycles. The SMILES string of the molecule is Cc1csc(C(C)(C)O)c1. The second-order valence-corrected chi connectivity index (χ2v) is 3.96. The zero-order valence-corrected chi connectivity index (χ0v) is 7.33. The Hall–Kier alpha value is -0.340. The third-order valence-electron chi connectivity index (χ3n) is 1.33. The van der Waals surface area contributed by atoms with Crippen LogP contribution in [-0.4, -0.2) is 5.11 Å². The molecule has 1 heterocycles. The van der Waals surface area contributed by atoms with Gasteiger partial charge in [-0.1, -0.05) is 0 Å². The maximum Gasteiger partial charge on any atom is 0.0932 e. The predicted octanol–water partition coefficient (Wildman–Crippen LogP) is 2.28. The van der Waals surface area contributed by atoms with E-state index in [0.717, 1.165) is 4.88 Å². The number of aryl methyl sites for hydroxylation is 1. The Labute approximate surface area is 65.3 Å². The van der Waals surface area contributed by atoms with Gasteiger partial charge in [0.2, 0.25) is 0 Å². The van der Waals surface area contributed by atoms with E-state index in [1.165, 1.54) is 5.56 Å². The van der Waals surface area contributed by atoms with Gasteiger partial charge in [-0.2, -0.15) is 0 Å². The first-order valence-electron chi connectivity index (χ1n) is 3.28. The molecule has 1 rings (SSSR count). The van der Waals surface area contributed by atoms with E-state index < -0.39 is 5.60 Å². The molecule has 0 atom stereocenters. The number of hydrogen-bond acceptors (Lipinski definition) is 2. The molecular weight excluding hydrogens is 144 g/mol. The van der Waals surface area contributed by atoms with Crippen LogP contribution in [0, 0.1) is 6.92 Å². The smallest absolute Gasteiger partial charge is 0.0932 e. The van der Waals surface area contributed by atoms with E-state index in [-0.39, 0.29) is 0 Å². The number of rotatable bonds is 1. The molecule has 56 valence electrons. The van der Waals surface area contributed by atoms with E-state index in [4.69, 9.17) is 0 Å². The lowest BCUT2D eigenvalue weighted by atomic mass is 10.1. The average Bonchev–Trinajstić information content (AvgIpc) is 2.11. The maximum atomic E-state index is 9.51. The van der Waals surface area contributed by atoms with Gasteiger partial charge in [-0.05, 0) is 37.8 Å². The summed E-state index contributed by atoms with van der Waals surface area (Å²) in [5.41, 5.74) is 0.556. The summed E-state index contributed by atoms with van der Waals surface area (Å²) >= 11 is 1.61. The van der Waals surface area contributed by atoms with Crippen molar-refractivity contribution in [3.63, 3.8) is 0 Å². The number of hydrogen-bond donors (Lipinski definition) is 1. The van der Waals surface area contributed by atoms with Crippen LogP contribution in [0.1, 0.15) is 24.3 Å². The highest BCUT2D eigenvalue weighted by atomic mass is 32.1. The Morgan fingerprint density at radius 3 is 2.30 bits per heavy atom. The molecule has 0 saturated carbocycles. The molecular formula is C8H12OS. The van der Waals surface area contributed by atoms with E-state index >= 15 is 0 Å². The van der Waals surface area contributed by atoms with Crippen molar-refractivity contribution in [3.05, 3.63) is 21.9 Å². The minimum absolute atomic E-state index is 0.668. The summed E-state index contributed by atoms with van der Waals surface area (Å²) in [7, 11) is 0. The van der Waals surface area contributed by atoms with Gasteiger partial charge < -0.3 is 5.11 Å². The number of thiophene rings is 1. The summed E-state index contributed by atoms with van der Waals surface area (Å²) in [6.45, 7) is 5.64. The average molecular weight is 156 g/mol. The van der Waals surface area contributed by atoms with Crippen LogP contribution in [0.15, 0.2) is 11.4 Å². The molecule has 1 aromatic heterocycles. The summed E-state index contributed by atoms with van der Waals surface area (Å²) in [6, 6.07) is 2.02. The van der Waals surface area contributed by atoms with E-state index in [0.29, 0.717) is 0 Å². The minimum Gasteiger partial charge on any atom is -0.385 e. The standard InChI is InChI=1S/C8H12OS/c1-6-4-7(10-5-6)8(2,3)9/h4-5,9H,1-3H3. The molecule has 0 fully saturated rings. The monoisotopic (exact) mass is 156 g/mol. The molecule has 0 radical (unpaired) electrons. The fourth-order valence-corrected chi connectivity index (χ4v) is 1.68. The summed E-state index contributed by atoms with van der Waals surface area (Å²) in [4.78, 5) is 1.03. The van der Waals surface area contributed by atoms with Crippen LogP contribution in [0.2, 0.25) is 0 Å². The topological polar surface area (TPSA) is 20.2 Å². The van der Waals surface area contributed by atoms with Crippen LogP contribution in [0.5, 0.6) is 0 Å². The van der Waals surface area contributed by atoms with Crippen molar-refractivity contribution in [2.75, 3.05) is 0 Å². The minimum atomic E-state index is -0.668. The zero-order chi connectivity index (χ0) is 7.78. The van der Waals surface area contributed by atoms with Gasteiger partial charge in [0.15, 0.2) is 0 Å². The summed E-state index contributed by atoms with van der Waals surface area (Å²) in [5, 5.41) is 11.6. The quantitative estimate of drug-likeness (QED) is 0.661. The van der Waals surface area contributed by atoms with Crippen LogP contribution >= 0.6 is 11.3 Å². The Bertz CT molecular complexity index is 219. The molecule has 1 N–H and O–H groups in total. The van der Waals surface area contributed by atoms with Crippen LogP contribution in [0.3, 0.4) is 0 Å². The van der Waals surface area contributed by atoms with Crippen molar-refractivity contribution in [1.82, 2.24) is 0 Å². The lowest BCUT2D eigenvalue weighted by Gasteiger charge is -2.13. The first-order valence-corrected chi connectivity index (χ1v) is 4.16. The highest BCUT2D eigenvalue weighted by Crippen LogP contribution is 2.25. The Morgan fingerprint density at radius 2 is 2.10 bits per heavy atom. The third-order valence-corrected chi connectivity index (χ3v) is 2.69. The van der Waals surface area contributed by atoms with Crippen molar-refractivity contribution >= 4 is 11.3 Å². The van der Waals surface area contributed by atoms with E-state index in [2.05, 4.69) is 0 Å². The van der Waals surface area contributed by atoms with Crippen molar-refractivity contribution in [1.29, 1.82) is 0 Å². The summed E-state index contributed by atoms with van der Waals surface area (Å²) in [6.07, 6.45) is 0. The highest BCUT2D eigenvalue weighted by molar-refractivity contribution is 7.10. The molecule has 0 bridgehead atoms. The maximum absolute atomic E-state index is 9.51. The Morgan fingerprint density at radius 1 is 1.50 bits per heavy atom. The van der Waals surface area contributed by atoms with Gasteiger partial charge in [0, 0.05) is 4.88 Å². The first kappa shape index (κ1) is 7.76. The lowest BCUT2D eigenvalue weighted by molar-refractivity contribution is 0.0825. The van der Waals surface area contributed by atoms with Gasteiger partial charge in [0.25, 0.3) is 0 Å². The van der Waals surface area contributed by atoms with Gasteiger partial charge in [-0.25, -0.2) is 0 Å². The van der Waals surface area contributed by atoms with Crippen molar-refractivity contribution < 1.29 is 5.11 Å². The number of aliphatic hydroxyl groups is 1. The molecule has 0 unspecified atom stereocenters. The fourth-order valence-electron chi connectivity index (χ4n) is 0.752. The van der Waals surface area contributed by atoms with Crippen molar-refractivity contribution in [2.24, 2.45) is 0 Å². The molecule has 0 aliphatic rings. The molecule has 0 aliphatic heterocycles. The second kappa shape index (κ2) is 2.36. The van der Waals surface area contributed by atoms with Gasteiger partial charge >= 0.3 is 0 Å². The molecule has 0 aromatic carbocycles.